The lowest BCUT2D eigenvalue weighted by Crippen LogP contribution is -2.32. The summed E-state index contributed by atoms with van der Waals surface area (Å²) in [4.78, 5) is 0. The minimum absolute atomic E-state index is 0.0851. The van der Waals surface area contributed by atoms with Gasteiger partial charge in [-0.1, -0.05) is 30.3 Å². The summed E-state index contributed by atoms with van der Waals surface area (Å²) in [6.45, 7) is 1.13. The molecule has 15 heavy (non-hydrogen) atoms. The maximum atomic E-state index is 8.60. The van der Waals surface area contributed by atoms with Crippen LogP contribution in [-0.4, -0.2) is 38.0 Å². The Balaban J connectivity index is 2.33. The molecule has 1 atom stereocenters. The van der Waals surface area contributed by atoms with E-state index in [1.165, 1.54) is 5.56 Å². The van der Waals surface area contributed by atoms with E-state index in [-0.39, 0.29) is 6.61 Å². The lowest BCUT2D eigenvalue weighted by atomic mass is 10.1. The number of ether oxygens (including phenoxy) is 1. The molecule has 1 aromatic carbocycles. The lowest BCUT2D eigenvalue weighted by Gasteiger charge is -2.16. The minimum atomic E-state index is 0.0851. The molecule has 0 saturated heterocycles. The largest absolute Gasteiger partial charge is 0.394 e. The van der Waals surface area contributed by atoms with Crippen molar-refractivity contribution < 1.29 is 9.84 Å². The monoisotopic (exact) mass is 209 g/mol. The number of aliphatic hydroxyl groups excluding tert-OH is 1. The van der Waals surface area contributed by atoms with Gasteiger partial charge in [-0.3, -0.25) is 0 Å². The van der Waals surface area contributed by atoms with Gasteiger partial charge in [0.25, 0.3) is 0 Å². The zero-order valence-corrected chi connectivity index (χ0v) is 9.15. The number of rotatable bonds is 7. The van der Waals surface area contributed by atoms with Crippen molar-refractivity contribution in [3.63, 3.8) is 0 Å². The van der Waals surface area contributed by atoms with Gasteiger partial charge in [-0.15, -0.1) is 0 Å². The first kappa shape index (κ1) is 12.2. The Hall–Kier alpha value is -0.900. The van der Waals surface area contributed by atoms with Crippen LogP contribution in [0.2, 0.25) is 0 Å². The van der Waals surface area contributed by atoms with Gasteiger partial charge in [0, 0.05) is 6.04 Å². The number of hydrogen-bond acceptors (Lipinski definition) is 3. The van der Waals surface area contributed by atoms with Crippen molar-refractivity contribution in [1.82, 2.24) is 5.32 Å². The smallest absolute Gasteiger partial charge is 0.0698 e. The van der Waals surface area contributed by atoms with E-state index in [1.807, 2.05) is 25.2 Å². The molecule has 0 saturated carbocycles. The molecule has 84 valence electrons. The Morgan fingerprint density at radius 2 is 2.07 bits per heavy atom. The zero-order chi connectivity index (χ0) is 10.9. The molecule has 2 N–H and O–H groups in total. The van der Waals surface area contributed by atoms with Crippen molar-refractivity contribution in [2.75, 3.05) is 26.9 Å². The van der Waals surface area contributed by atoms with E-state index in [1.54, 1.807) is 0 Å². The Kier molecular flexibility index (Phi) is 6.00. The first-order valence-corrected chi connectivity index (χ1v) is 5.26. The second-order valence-electron chi connectivity index (χ2n) is 3.47. The average molecular weight is 209 g/mol. The van der Waals surface area contributed by atoms with Crippen molar-refractivity contribution in [2.45, 2.75) is 12.5 Å². The predicted octanol–water partition coefficient (Wildman–Crippen LogP) is 0.826. The average Bonchev–Trinajstić information content (AvgIpc) is 2.29. The van der Waals surface area contributed by atoms with E-state index >= 15 is 0 Å². The van der Waals surface area contributed by atoms with Gasteiger partial charge in [0.1, 0.15) is 0 Å². The van der Waals surface area contributed by atoms with Crippen LogP contribution in [0.25, 0.3) is 0 Å². The van der Waals surface area contributed by atoms with Gasteiger partial charge in [0.2, 0.25) is 0 Å². The van der Waals surface area contributed by atoms with Crippen molar-refractivity contribution in [2.24, 2.45) is 0 Å². The topological polar surface area (TPSA) is 41.5 Å². The number of benzene rings is 1. The fourth-order valence-electron chi connectivity index (χ4n) is 1.43. The van der Waals surface area contributed by atoms with Crippen LogP contribution in [0.3, 0.4) is 0 Å². The third-order valence-electron chi connectivity index (χ3n) is 2.29. The van der Waals surface area contributed by atoms with Crippen LogP contribution < -0.4 is 5.32 Å². The molecule has 0 amide bonds. The summed E-state index contributed by atoms with van der Waals surface area (Å²) in [5, 5.41) is 11.8. The second kappa shape index (κ2) is 7.40. The van der Waals surface area contributed by atoms with Crippen LogP contribution in [0.5, 0.6) is 0 Å². The van der Waals surface area contributed by atoms with E-state index in [2.05, 4.69) is 17.4 Å². The van der Waals surface area contributed by atoms with Crippen LogP contribution in [0.4, 0.5) is 0 Å². The van der Waals surface area contributed by atoms with Gasteiger partial charge in [0.15, 0.2) is 0 Å². The van der Waals surface area contributed by atoms with Crippen molar-refractivity contribution >= 4 is 0 Å². The summed E-state index contributed by atoms with van der Waals surface area (Å²) in [7, 11) is 1.93. The van der Waals surface area contributed by atoms with E-state index < -0.39 is 0 Å². The molecular formula is C12H19NO2. The van der Waals surface area contributed by atoms with Gasteiger partial charge in [-0.25, -0.2) is 0 Å². The summed E-state index contributed by atoms with van der Waals surface area (Å²) in [5.41, 5.74) is 1.30. The molecule has 0 aliphatic carbocycles. The fraction of sp³-hybridized carbons (Fsp3) is 0.500. The van der Waals surface area contributed by atoms with Crippen LogP contribution in [0.1, 0.15) is 5.56 Å². The van der Waals surface area contributed by atoms with Crippen molar-refractivity contribution in [1.29, 1.82) is 0 Å². The van der Waals surface area contributed by atoms with E-state index in [0.717, 1.165) is 6.42 Å². The van der Waals surface area contributed by atoms with Crippen LogP contribution in [0.15, 0.2) is 30.3 Å². The highest BCUT2D eigenvalue weighted by Crippen LogP contribution is 2.03. The number of aliphatic hydroxyl groups is 1. The summed E-state index contributed by atoms with van der Waals surface area (Å²) >= 11 is 0. The highest BCUT2D eigenvalue weighted by Gasteiger charge is 2.06. The third-order valence-corrected chi connectivity index (χ3v) is 2.29. The molecule has 0 heterocycles. The van der Waals surface area contributed by atoms with Gasteiger partial charge in [-0.2, -0.15) is 0 Å². The Morgan fingerprint density at radius 1 is 1.33 bits per heavy atom. The van der Waals surface area contributed by atoms with Crippen LogP contribution >= 0.6 is 0 Å². The molecule has 1 aromatic rings. The number of likely N-dealkylation sites (N-methyl/N-ethyl adjacent to an activating group) is 1. The molecule has 0 spiro atoms. The standard InChI is InChI=1S/C12H19NO2/c1-13-12(10-15-8-7-14)9-11-5-3-2-4-6-11/h2-6,12-14H,7-10H2,1H3/t12-/m1/s1. The van der Waals surface area contributed by atoms with E-state index in [9.17, 15) is 0 Å². The van der Waals surface area contributed by atoms with Crippen molar-refractivity contribution in [3.8, 4) is 0 Å². The molecule has 1 rings (SSSR count). The quantitative estimate of drug-likeness (QED) is 0.653. The van der Waals surface area contributed by atoms with Gasteiger partial charge in [0.05, 0.1) is 19.8 Å². The lowest BCUT2D eigenvalue weighted by molar-refractivity contribution is 0.0781. The maximum absolute atomic E-state index is 8.60. The van der Waals surface area contributed by atoms with E-state index in [0.29, 0.717) is 19.3 Å². The predicted molar refractivity (Wildman–Crippen MR) is 60.9 cm³/mol. The van der Waals surface area contributed by atoms with E-state index in [4.69, 9.17) is 9.84 Å². The normalized spacial score (nSPS) is 12.7. The molecular weight excluding hydrogens is 190 g/mol. The number of hydrogen-bond donors (Lipinski definition) is 2. The van der Waals surface area contributed by atoms with Crippen LogP contribution in [-0.2, 0) is 11.2 Å². The van der Waals surface area contributed by atoms with Gasteiger partial charge in [-0.05, 0) is 19.0 Å². The highest BCUT2D eigenvalue weighted by molar-refractivity contribution is 5.15. The SMILES string of the molecule is CN[C@@H](COCCO)Cc1ccccc1. The molecule has 3 heteroatoms. The first-order valence-electron chi connectivity index (χ1n) is 5.26. The molecule has 0 radical (unpaired) electrons. The molecule has 0 aliphatic heterocycles. The summed E-state index contributed by atoms with van der Waals surface area (Å²) < 4.78 is 5.30. The van der Waals surface area contributed by atoms with Gasteiger partial charge >= 0.3 is 0 Å². The second-order valence-corrected chi connectivity index (χ2v) is 3.47. The maximum Gasteiger partial charge on any atom is 0.0698 e. The molecule has 0 fully saturated rings. The minimum Gasteiger partial charge on any atom is -0.394 e. The first-order chi connectivity index (χ1) is 7.36. The Morgan fingerprint density at radius 3 is 2.67 bits per heavy atom. The van der Waals surface area contributed by atoms with Crippen LogP contribution in [0, 0.1) is 0 Å². The third kappa shape index (κ3) is 4.93. The highest BCUT2D eigenvalue weighted by atomic mass is 16.5. The molecule has 0 unspecified atom stereocenters. The fourth-order valence-corrected chi connectivity index (χ4v) is 1.43. The Bertz CT molecular complexity index is 251. The molecule has 3 nitrogen and oxygen atoms in total. The zero-order valence-electron chi connectivity index (χ0n) is 9.15. The van der Waals surface area contributed by atoms with Crippen molar-refractivity contribution in [3.05, 3.63) is 35.9 Å². The molecule has 0 aromatic heterocycles. The van der Waals surface area contributed by atoms with Gasteiger partial charge < -0.3 is 15.2 Å². The molecule has 0 aliphatic rings. The number of nitrogens with one attached hydrogen (secondary N) is 1. The summed E-state index contributed by atoms with van der Waals surface area (Å²) in [6.07, 6.45) is 0.947. The Labute approximate surface area is 91.1 Å². The summed E-state index contributed by atoms with van der Waals surface area (Å²) in [6, 6.07) is 10.6. The summed E-state index contributed by atoms with van der Waals surface area (Å²) in [5.74, 6) is 0. The molecule has 0 bridgehead atoms.